The first-order valence-corrected chi connectivity index (χ1v) is 23.7. The van der Waals surface area contributed by atoms with Gasteiger partial charge in [0, 0.05) is 44.1 Å². The Morgan fingerprint density at radius 3 is 1.30 bits per heavy atom. The van der Waals surface area contributed by atoms with Gasteiger partial charge in [-0.05, 0) is 143 Å². The maximum atomic E-state index is 7.32. The second kappa shape index (κ2) is 13.6. The average Bonchev–Trinajstić information content (AvgIpc) is 3.96. The molecule has 0 aliphatic carbocycles. The van der Waals surface area contributed by atoms with E-state index in [0.717, 1.165) is 69.3 Å². The van der Waals surface area contributed by atoms with E-state index < -0.39 is 0 Å². The van der Waals surface area contributed by atoms with Crippen molar-refractivity contribution in [2.24, 2.45) is 0 Å². The minimum absolute atomic E-state index is 0.178. The van der Waals surface area contributed by atoms with Gasteiger partial charge >= 0.3 is 0 Å². The molecule has 0 N–H and O–H groups in total. The third-order valence-electron chi connectivity index (χ3n) is 15.1. The Balaban J connectivity index is 1.09. The maximum Gasteiger partial charge on any atom is 0.262 e. The normalized spacial score (nSPS) is 13.3. The summed E-state index contributed by atoms with van der Waals surface area (Å²) in [7, 11) is 0. The number of rotatable bonds is 4. The first-order chi connectivity index (χ1) is 33.2. The summed E-state index contributed by atoms with van der Waals surface area (Å²) in [5, 5.41) is 17.1. The Morgan fingerprint density at radius 1 is 0.343 bits per heavy atom. The zero-order valence-corrected chi connectivity index (χ0v) is 37.1. The van der Waals surface area contributed by atoms with Crippen LogP contribution in [0.4, 0.5) is 34.5 Å². The van der Waals surface area contributed by atoms with E-state index in [4.69, 9.17) is 8.83 Å². The van der Waals surface area contributed by atoms with Gasteiger partial charge in [-0.15, -0.1) is 0 Å². The minimum Gasteiger partial charge on any atom is -0.440 e. The quantitative estimate of drug-likeness (QED) is 0.130. The van der Waals surface area contributed by atoms with E-state index in [2.05, 4.69) is 212 Å². The highest BCUT2D eigenvalue weighted by Gasteiger charge is 2.49. The summed E-state index contributed by atoms with van der Waals surface area (Å²) in [4.78, 5) is 4.86. The van der Waals surface area contributed by atoms with Gasteiger partial charge in [-0.25, -0.2) is 0 Å². The van der Waals surface area contributed by atoms with Crippen LogP contribution in [0.15, 0.2) is 197 Å². The van der Waals surface area contributed by atoms with Crippen molar-refractivity contribution in [1.82, 2.24) is 0 Å². The lowest BCUT2D eigenvalue weighted by atomic mass is 9.33. The van der Waals surface area contributed by atoms with Crippen LogP contribution in [0.1, 0.15) is 25.0 Å². The van der Waals surface area contributed by atoms with Crippen LogP contribution in [0, 0.1) is 0 Å². The molecule has 2 aromatic heterocycles. The zero-order chi connectivity index (χ0) is 44.1. The summed E-state index contributed by atoms with van der Waals surface area (Å²) in [5.41, 5.74) is 12.3. The fourth-order valence-corrected chi connectivity index (χ4v) is 12.2. The van der Waals surface area contributed by atoms with Crippen molar-refractivity contribution < 1.29 is 8.83 Å². The standard InChI is InChI=1S/C62H41BN2O2/c1-3-36-27-31-55-50(33-36)58-61(66-55)64(38-29-30-46-41-17-6-5-15-39(41)40-16-8-10-21-45(40)49(46)35-38)53-25-14-26-54-60(53)63(58)59-51-34-37(4-2)28-32-56(51)67-62(59)65(54)52-24-13-23-48-44-19-9-7-18-42(44)43-20-11-12-22-47(43)57(48)52/h5-35H,3-4H2,1-2H3. The lowest BCUT2D eigenvalue weighted by Gasteiger charge is -2.40. The third-order valence-corrected chi connectivity index (χ3v) is 15.1. The third kappa shape index (κ3) is 4.93. The fourth-order valence-electron chi connectivity index (χ4n) is 12.2. The molecule has 314 valence electrons. The van der Waals surface area contributed by atoms with E-state index in [1.165, 1.54) is 92.2 Å². The van der Waals surface area contributed by atoms with Crippen molar-refractivity contribution in [3.8, 4) is 0 Å². The van der Waals surface area contributed by atoms with Crippen molar-refractivity contribution in [2.45, 2.75) is 26.7 Å². The number of nitrogens with zero attached hydrogens (tertiary/aromatic N) is 2. The van der Waals surface area contributed by atoms with Crippen molar-refractivity contribution >= 4 is 144 Å². The van der Waals surface area contributed by atoms with Gasteiger partial charge in [0.25, 0.3) is 6.71 Å². The Morgan fingerprint density at radius 2 is 0.761 bits per heavy atom. The second-order valence-corrected chi connectivity index (χ2v) is 18.4. The van der Waals surface area contributed by atoms with Gasteiger partial charge in [0.05, 0.1) is 5.69 Å². The van der Waals surface area contributed by atoms with Crippen LogP contribution in [-0.2, 0) is 12.8 Å². The van der Waals surface area contributed by atoms with Crippen LogP contribution in [0.3, 0.4) is 0 Å². The van der Waals surface area contributed by atoms with E-state index in [1.807, 2.05) is 0 Å². The van der Waals surface area contributed by atoms with Crippen LogP contribution in [0.2, 0.25) is 0 Å². The lowest BCUT2D eigenvalue weighted by molar-refractivity contribution is 0.621. The smallest absolute Gasteiger partial charge is 0.262 e. The molecule has 2 aliphatic heterocycles. The first-order valence-electron chi connectivity index (χ1n) is 23.7. The molecule has 11 aromatic carbocycles. The molecule has 5 heteroatoms. The molecular formula is C62H41BN2O2. The van der Waals surface area contributed by atoms with Gasteiger partial charge in [-0.3, -0.25) is 9.80 Å². The largest absolute Gasteiger partial charge is 0.440 e. The molecule has 0 spiro atoms. The van der Waals surface area contributed by atoms with Crippen molar-refractivity contribution in [1.29, 1.82) is 0 Å². The molecule has 2 aliphatic rings. The number of hydrogen-bond acceptors (Lipinski definition) is 4. The molecule has 0 unspecified atom stereocenters. The van der Waals surface area contributed by atoms with Gasteiger partial charge in [-0.1, -0.05) is 147 Å². The van der Waals surface area contributed by atoms with Crippen molar-refractivity contribution in [2.75, 3.05) is 9.80 Å². The van der Waals surface area contributed by atoms with Crippen LogP contribution < -0.4 is 26.2 Å². The number of furan rings is 2. The fraction of sp³-hybridized carbons (Fsp3) is 0.0645. The Kier molecular flexibility index (Phi) is 7.53. The summed E-state index contributed by atoms with van der Waals surface area (Å²) in [6.45, 7) is 4.30. The van der Waals surface area contributed by atoms with E-state index in [-0.39, 0.29) is 6.71 Å². The topological polar surface area (TPSA) is 32.8 Å². The molecule has 67 heavy (non-hydrogen) atoms. The van der Waals surface area contributed by atoms with E-state index in [0.29, 0.717) is 0 Å². The first kappa shape index (κ1) is 37.0. The molecule has 0 amide bonds. The van der Waals surface area contributed by atoms with Crippen molar-refractivity contribution in [3.05, 3.63) is 199 Å². The lowest BCUT2D eigenvalue weighted by Crippen LogP contribution is -2.60. The Bertz CT molecular complexity index is 4210. The minimum atomic E-state index is -0.178. The molecule has 0 fully saturated rings. The molecule has 0 radical (unpaired) electrons. The molecule has 0 saturated heterocycles. The van der Waals surface area contributed by atoms with Gasteiger partial charge < -0.3 is 8.83 Å². The Labute approximate surface area is 386 Å². The number of anilines is 6. The summed E-state index contributed by atoms with van der Waals surface area (Å²) in [6.07, 6.45) is 1.85. The average molecular weight is 857 g/mol. The van der Waals surface area contributed by atoms with E-state index >= 15 is 0 Å². The number of hydrogen-bond donors (Lipinski definition) is 0. The SMILES string of the molecule is CCc1ccc2oc3c(c2c1)B1c2c(cccc2N(c2cccc4c5ccccc5c5ccccc5c24)c2oc4ccc(CC)cc4c21)N3c1ccc2c3ccccc3c3ccccc3c2c1. The number of aryl methyl sites for hydroxylation is 2. The predicted octanol–water partition coefficient (Wildman–Crippen LogP) is 15.3. The molecule has 4 heterocycles. The van der Waals surface area contributed by atoms with Crippen molar-refractivity contribution in [3.63, 3.8) is 0 Å². The molecule has 4 nitrogen and oxygen atoms in total. The molecule has 0 saturated carbocycles. The predicted molar refractivity (Wildman–Crippen MR) is 284 cm³/mol. The van der Waals surface area contributed by atoms with Gasteiger partial charge in [0.15, 0.2) is 0 Å². The van der Waals surface area contributed by atoms with Crippen LogP contribution >= 0.6 is 0 Å². The van der Waals surface area contributed by atoms with E-state index in [1.54, 1.807) is 0 Å². The summed E-state index contributed by atoms with van der Waals surface area (Å²) in [5.74, 6) is 1.71. The highest BCUT2D eigenvalue weighted by molar-refractivity contribution is 7.02. The van der Waals surface area contributed by atoms with Crippen LogP contribution in [-0.4, -0.2) is 6.71 Å². The second-order valence-electron chi connectivity index (χ2n) is 18.4. The number of benzene rings is 11. The summed E-state index contributed by atoms with van der Waals surface area (Å²) >= 11 is 0. The van der Waals surface area contributed by atoms with Crippen LogP contribution in [0.5, 0.6) is 0 Å². The molecular weight excluding hydrogens is 816 g/mol. The van der Waals surface area contributed by atoms with Gasteiger partial charge in [-0.2, -0.15) is 0 Å². The molecule has 0 atom stereocenters. The monoisotopic (exact) mass is 856 g/mol. The van der Waals surface area contributed by atoms with E-state index in [9.17, 15) is 0 Å². The molecule has 15 rings (SSSR count). The summed E-state index contributed by atoms with van der Waals surface area (Å²) in [6, 6.07) is 69.6. The Hall–Kier alpha value is -8.28. The van der Waals surface area contributed by atoms with Crippen LogP contribution in [0.25, 0.3) is 86.6 Å². The number of fused-ring (bicyclic) bond motifs is 20. The van der Waals surface area contributed by atoms with Gasteiger partial charge in [0.1, 0.15) is 11.2 Å². The molecule has 13 aromatic rings. The maximum absolute atomic E-state index is 7.32. The highest BCUT2D eigenvalue weighted by Crippen LogP contribution is 2.51. The zero-order valence-electron chi connectivity index (χ0n) is 37.1. The summed E-state index contributed by atoms with van der Waals surface area (Å²) < 4.78 is 14.6. The molecule has 0 bridgehead atoms. The van der Waals surface area contributed by atoms with Gasteiger partial charge in [0.2, 0.25) is 11.8 Å². The highest BCUT2D eigenvalue weighted by atomic mass is 16.4.